The van der Waals surface area contributed by atoms with E-state index in [0.717, 1.165) is 0 Å². The van der Waals surface area contributed by atoms with Crippen LogP contribution in [0.5, 0.6) is 5.75 Å². The monoisotopic (exact) mass is 373 g/mol. The molecule has 0 aromatic heterocycles. The summed E-state index contributed by atoms with van der Waals surface area (Å²) < 4.78 is 42.8. The summed E-state index contributed by atoms with van der Waals surface area (Å²) >= 11 is 0. The Balaban J connectivity index is 2.04. The SMILES string of the molecule is COC(=O)C[C@@H]1CC[C@H](NS(=O)(=O)c2ccc(OC)cc2)[C@@H](CO)O1. The van der Waals surface area contributed by atoms with E-state index in [1.54, 1.807) is 12.1 Å². The normalized spacial score (nSPS) is 23.9. The van der Waals surface area contributed by atoms with Crippen LogP contribution in [0.1, 0.15) is 19.3 Å². The van der Waals surface area contributed by atoms with E-state index in [0.29, 0.717) is 18.6 Å². The van der Waals surface area contributed by atoms with Gasteiger partial charge >= 0.3 is 5.97 Å². The number of ether oxygens (including phenoxy) is 3. The van der Waals surface area contributed by atoms with Gasteiger partial charge in [-0.25, -0.2) is 13.1 Å². The molecule has 0 amide bonds. The zero-order valence-electron chi connectivity index (χ0n) is 14.2. The minimum atomic E-state index is -3.76. The van der Waals surface area contributed by atoms with Crippen LogP contribution in [0.15, 0.2) is 29.2 Å². The van der Waals surface area contributed by atoms with Crippen molar-refractivity contribution in [1.29, 1.82) is 0 Å². The highest BCUT2D eigenvalue weighted by Crippen LogP contribution is 2.24. The van der Waals surface area contributed by atoms with Gasteiger partial charge in [-0.2, -0.15) is 0 Å². The van der Waals surface area contributed by atoms with E-state index in [1.165, 1.54) is 26.4 Å². The Morgan fingerprint density at radius 3 is 2.52 bits per heavy atom. The molecule has 9 heteroatoms. The Labute approximate surface area is 147 Å². The standard InChI is InChI=1S/C16H23NO7S/c1-22-11-3-6-13(7-4-11)25(20,21)17-14-8-5-12(9-16(19)23-2)24-15(14)10-18/h3-4,6-7,12,14-15,17-18H,5,8-10H2,1-2H3/t12-,14-,15+/m0/s1. The molecule has 1 aromatic carbocycles. The molecular weight excluding hydrogens is 350 g/mol. The maximum Gasteiger partial charge on any atom is 0.308 e. The Bertz CT molecular complexity index is 674. The number of sulfonamides is 1. The van der Waals surface area contributed by atoms with E-state index in [1.807, 2.05) is 0 Å². The molecule has 0 aliphatic carbocycles. The summed E-state index contributed by atoms with van der Waals surface area (Å²) in [5.74, 6) is 0.151. The molecule has 1 heterocycles. The molecule has 1 aliphatic rings. The van der Waals surface area contributed by atoms with Gasteiger partial charge in [0.05, 0.1) is 50.4 Å². The lowest BCUT2D eigenvalue weighted by molar-refractivity contribution is -0.149. The van der Waals surface area contributed by atoms with Crippen molar-refractivity contribution in [1.82, 2.24) is 4.72 Å². The Morgan fingerprint density at radius 1 is 1.28 bits per heavy atom. The first-order valence-electron chi connectivity index (χ1n) is 7.89. The molecule has 0 spiro atoms. The van der Waals surface area contributed by atoms with Crippen molar-refractivity contribution in [2.24, 2.45) is 0 Å². The number of nitrogens with one attached hydrogen (secondary N) is 1. The van der Waals surface area contributed by atoms with Gasteiger partial charge in [-0.3, -0.25) is 4.79 Å². The molecular formula is C16H23NO7S. The molecule has 3 atom stereocenters. The molecule has 2 rings (SSSR count). The molecule has 140 valence electrons. The number of aliphatic hydroxyl groups excluding tert-OH is 1. The van der Waals surface area contributed by atoms with Gasteiger partial charge in [0.1, 0.15) is 5.75 Å². The van der Waals surface area contributed by atoms with Crippen molar-refractivity contribution >= 4 is 16.0 Å². The van der Waals surface area contributed by atoms with Gasteiger partial charge in [-0.05, 0) is 37.1 Å². The number of methoxy groups -OCH3 is 2. The van der Waals surface area contributed by atoms with Crippen molar-refractivity contribution in [3.05, 3.63) is 24.3 Å². The van der Waals surface area contributed by atoms with E-state index < -0.39 is 34.2 Å². The third-order valence-electron chi connectivity index (χ3n) is 4.09. The molecule has 1 fully saturated rings. The number of carbonyl (C=O) groups excluding carboxylic acids is 1. The Hall–Kier alpha value is -1.68. The summed E-state index contributed by atoms with van der Waals surface area (Å²) in [4.78, 5) is 11.4. The maximum atomic E-state index is 12.5. The molecule has 0 unspecified atom stereocenters. The molecule has 0 radical (unpaired) electrons. The third kappa shape index (κ3) is 5.15. The number of aliphatic hydroxyl groups is 1. The lowest BCUT2D eigenvalue weighted by Crippen LogP contribution is -2.51. The molecule has 0 bridgehead atoms. The van der Waals surface area contributed by atoms with Crippen LogP contribution in [-0.2, 0) is 24.3 Å². The van der Waals surface area contributed by atoms with Crippen molar-refractivity contribution in [2.75, 3.05) is 20.8 Å². The Kier molecular flexibility index (Phi) is 6.77. The van der Waals surface area contributed by atoms with Crippen LogP contribution >= 0.6 is 0 Å². The van der Waals surface area contributed by atoms with Crippen LogP contribution in [0.3, 0.4) is 0 Å². The summed E-state index contributed by atoms with van der Waals surface area (Å²) in [6.07, 6.45) is -0.114. The van der Waals surface area contributed by atoms with E-state index in [4.69, 9.17) is 9.47 Å². The highest BCUT2D eigenvalue weighted by Gasteiger charge is 2.34. The lowest BCUT2D eigenvalue weighted by atomic mass is 9.98. The van der Waals surface area contributed by atoms with Crippen molar-refractivity contribution < 1.29 is 32.5 Å². The highest BCUT2D eigenvalue weighted by molar-refractivity contribution is 7.89. The smallest absolute Gasteiger partial charge is 0.308 e. The van der Waals surface area contributed by atoms with Crippen molar-refractivity contribution in [3.63, 3.8) is 0 Å². The van der Waals surface area contributed by atoms with E-state index in [2.05, 4.69) is 9.46 Å². The summed E-state index contributed by atoms with van der Waals surface area (Å²) in [5, 5.41) is 9.51. The first kappa shape index (κ1) is 19.6. The number of hydrogen-bond acceptors (Lipinski definition) is 7. The first-order valence-corrected chi connectivity index (χ1v) is 9.37. The van der Waals surface area contributed by atoms with E-state index in [-0.39, 0.29) is 17.9 Å². The van der Waals surface area contributed by atoms with Gasteiger partial charge in [0.2, 0.25) is 10.0 Å². The second-order valence-electron chi connectivity index (χ2n) is 5.74. The number of carbonyl (C=O) groups is 1. The third-order valence-corrected chi connectivity index (χ3v) is 5.60. The second kappa shape index (κ2) is 8.61. The van der Waals surface area contributed by atoms with Gasteiger partial charge in [-0.15, -0.1) is 0 Å². The number of rotatable bonds is 7. The molecule has 1 aromatic rings. The minimum absolute atomic E-state index is 0.0744. The maximum absolute atomic E-state index is 12.5. The predicted octanol–water partition coefficient (Wildman–Crippen LogP) is 0.445. The van der Waals surface area contributed by atoms with Crippen LogP contribution in [0.4, 0.5) is 0 Å². The van der Waals surface area contributed by atoms with Gasteiger partial charge in [0.25, 0.3) is 0 Å². The number of esters is 1. The minimum Gasteiger partial charge on any atom is -0.497 e. The molecule has 2 N–H and O–H groups in total. The van der Waals surface area contributed by atoms with Gasteiger partial charge in [0, 0.05) is 0 Å². The largest absolute Gasteiger partial charge is 0.497 e. The van der Waals surface area contributed by atoms with Crippen molar-refractivity contribution in [2.45, 2.75) is 42.4 Å². The van der Waals surface area contributed by atoms with Crippen LogP contribution < -0.4 is 9.46 Å². The van der Waals surface area contributed by atoms with Crippen LogP contribution in [-0.4, -0.2) is 58.6 Å². The van der Waals surface area contributed by atoms with Crippen LogP contribution in [0.2, 0.25) is 0 Å². The zero-order valence-corrected chi connectivity index (χ0v) is 15.0. The van der Waals surface area contributed by atoms with Crippen molar-refractivity contribution in [3.8, 4) is 5.75 Å². The van der Waals surface area contributed by atoms with Gasteiger partial charge < -0.3 is 19.3 Å². The predicted molar refractivity (Wildman–Crippen MR) is 88.7 cm³/mol. The topological polar surface area (TPSA) is 111 Å². The average molecular weight is 373 g/mol. The van der Waals surface area contributed by atoms with E-state index >= 15 is 0 Å². The first-order chi connectivity index (χ1) is 11.9. The molecule has 1 aliphatic heterocycles. The number of benzene rings is 1. The van der Waals surface area contributed by atoms with Gasteiger partial charge in [0.15, 0.2) is 0 Å². The fourth-order valence-electron chi connectivity index (χ4n) is 2.71. The van der Waals surface area contributed by atoms with Gasteiger partial charge in [-0.1, -0.05) is 0 Å². The summed E-state index contributed by atoms with van der Waals surface area (Å²) in [5.41, 5.74) is 0. The van der Waals surface area contributed by atoms with Crippen LogP contribution in [0.25, 0.3) is 0 Å². The molecule has 0 saturated carbocycles. The summed E-state index contributed by atoms with van der Waals surface area (Å²) in [6, 6.07) is 5.42. The fraction of sp³-hybridized carbons (Fsp3) is 0.562. The molecule has 8 nitrogen and oxygen atoms in total. The lowest BCUT2D eigenvalue weighted by Gasteiger charge is -2.35. The summed E-state index contributed by atoms with van der Waals surface area (Å²) in [6.45, 7) is -0.354. The molecule has 1 saturated heterocycles. The summed E-state index contributed by atoms with van der Waals surface area (Å²) in [7, 11) is -0.972. The highest BCUT2D eigenvalue weighted by atomic mass is 32.2. The Morgan fingerprint density at radius 2 is 1.96 bits per heavy atom. The van der Waals surface area contributed by atoms with Crippen LogP contribution in [0, 0.1) is 0 Å². The molecule has 25 heavy (non-hydrogen) atoms. The average Bonchev–Trinajstić information content (AvgIpc) is 2.62. The van der Waals surface area contributed by atoms with E-state index in [9.17, 15) is 18.3 Å². The quantitative estimate of drug-likeness (QED) is 0.667. The zero-order chi connectivity index (χ0) is 18.4. The fourth-order valence-corrected chi connectivity index (χ4v) is 4.01. The second-order valence-corrected chi connectivity index (χ2v) is 7.45. The number of hydrogen-bond donors (Lipinski definition) is 2.